The van der Waals surface area contributed by atoms with Gasteiger partial charge in [-0.25, -0.2) is 9.69 Å². The number of hydrogen-bond acceptors (Lipinski definition) is 3. The van der Waals surface area contributed by atoms with Gasteiger partial charge < -0.3 is 9.64 Å². The first-order valence-corrected chi connectivity index (χ1v) is 6.45. The van der Waals surface area contributed by atoms with Crippen LogP contribution in [0.5, 0.6) is 0 Å². The Hall–Kier alpha value is -1.88. The zero-order valence-electron chi connectivity index (χ0n) is 10.8. The fourth-order valence-corrected chi connectivity index (χ4v) is 2.55. The number of carbonyl (C=O) groups excluding carboxylic acids is 2. The lowest BCUT2D eigenvalue weighted by Gasteiger charge is -2.42. The number of rotatable bonds is 1. The van der Waals surface area contributed by atoms with Crippen LogP contribution in [0, 0.1) is 6.92 Å². The molecule has 0 aromatic heterocycles. The Balaban J connectivity index is 1.90. The number of hydrogen-bond donors (Lipinski definition) is 0. The molecule has 3 rings (SSSR count). The van der Waals surface area contributed by atoms with Crippen LogP contribution in [0.3, 0.4) is 0 Å². The highest BCUT2D eigenvalue weighted by molar-refractivity contribution is 6.16. The van der Waals surface area contributed by atoms with Gasteiger partial charge >= 0.3 is 6.03 Å². The van der Waals surface area contributed by atoms with Crippen LogP contribution in [-0.2, 0) is 9.53 Å². The number of anilines is 1. The van der Waals surface area contributed by atoms with E-state index in [4.69, 9.17) is 4.74 Å². The van der Waals surface area contributed by atoms with E-state index >= 15 is 0 Å². The molecule has 2 saturated heterocycles. The first kappa shape index (κ1) is 12.2. The summed E-state index contributed by atoms with van der Waals surface area (Å²) in [5, 5.41) is 0. The predicted molar refractivity (Wildman–Crippen MR) is 70.0 cm³/mol. The Labute approximate surface area is 111 Å². The van der Waals surface area contributed by atoms with E-state index in [-0.39, 0.29) is 18.0 Å². The van der Waals surface area contributed by atoms with Gasteiger partial charge in [0.15, 0.2) is 0 Å². The van der Waals surface area contributed by atoms with Crippen molar-refractivity contribution in [1.29, 1.82) is 0 Å². The van der Waals surface area contributed by atoms with Crippen LogP contribution >= 0.6 is 0 Å². The Morgan fingerprint density at radius 1 is 1.21 bits per heavy atom. The minimum absolute atomic E-state index is 0.101. The van der Waals surface area contributed by atoms with E-state index in [0.29, 0.717) is 31.9 Å². The molecule has 0 radical (unpaired) electrons. The number of benzene rings is 1. The fourth-order valence-electron chi connectivity index (χ4n) is 2.55. The number of morpholine rings is 1. The van der Waals surface area contributed by atoms with E-state index in [9.17, 15) is 9.59 Å². The van der Waals surface area contributed by atoms with Gasteiger partial charge in [0.05, 0.1) is 31.4 Å². The van der Waals surface area contributed by atoms with Crippen LogP contribution in [-0.4, -0.2) is 42.6 Å². The quantitative estimate of drug-likeness (QED) is 0.769. The van der Waals surface area contributed by atoms with Gasteiger partial charge in [0.25, 0.3) is 0 Å². The van der Waals surface area contributed by atoms with Gasteiger partial charge in [-0.2, -0.15) is 0 Å². The summed E-state index contributed by atoms with van der Waals surface area (Å²) in [6.45, 7) is 3.53. The maximum absolute atomic E-state index is 12.4. The minimum atomic E-state index is -0.228. The standard InChI is InChI=1S/C14H16N2O3/c1-10-2-4-11(5-3-10)16-13(17)8-12-9-19-7-6-15(12)14(16)18/h2-5,12H,6-9H2,1H3. The van der Waals surface area contributed by atoms with E-state index < -0.39 is 0 Å². The Morgan fingerprint density at radius 3 is 2.68 bits per heavy atom. The smallest absolute Gasteiger partial charge is 0.331 e. The molecule has 0 spiro atoms. The monoisotopic (exact) mass is 260 g/mol. The number of nitrogens with zero attached hydrogens (tertiary/aromatic N) is 2. The molecule has 19 heavy (non-hydrogen) atoms. The first-order chi connectivity index (χ1) is 9.16. The second-order valence-electron chi connectivity index (χ2n) is 4.97. The van der Waals surface area contributed by atoms with Crippen molar-refractivity contribution in [1.82, 2.24) is 4.90 Å². The topological polar surface area (TPSA) is 49.9 Å². The van der Waals surface area contributed by atoms with Crippen molar-refractivity contribution in [3.8, 4) is 0 Å². The Morgan fingerprint density at radius 2 is 1.95 bits per heavy atom. The van der Waals surface area contributed by atoms with Crippen LogP contribution in [0.2, 0.25) is 0 Å². The van der Waals surface area contributed by atoms with E-state index in [1.165, 1.54) is 4.90 Å². The molecule has 3 amide bonds. The molecule has 2 aliphatic heterocycles. The molecule has 1 aromatic carbocycles. The van der Waals surface area contributed by atoms with Crippen LogP contribution in [0.25, 0.3) is 0 Å². The van der Waals surface area contributed by atoms with Gasteiger partial charge in [0.2, 0.25) is 5.91 Å². The molecule has 5 nitrogen and oxygen atoms in total. The lowest BCUT2D eigenvalue weighted by molar-refractivity contribution is -0.122. The fraction of sp³-hybridized carbons (Fsp3) is 0.429. The van der Waals surface area contributed by atoms with Crippen LogP contribution in [0.4, 0.5) is 10.5 Å². The summed E-state index contributed by atoms with van der Waals surface area (Å²) in [6, 6.07) is 7.10. The molecule has 5 heteroatoms. The lowest BCUT2D eigenvalue weighted by Crippen LogP contribution is -2.61. The molecule has 100 valence electrons. The second kappa shape index (κ2) is 4.66. The van der Waals surface area contributed by atoms with Gasteiger partial charge in [-0.15, -0.1) is 0 Å². The van der Waals surface area contributed by atoms with Crippen molar-refractivity contribution in [2.75, 3.05) is 24.7 Å². The molecule has 0 aliphatic carbocycles. The van der Waals surface area contributed by atoms with Crippen LogP contribution in [0.1, 0.15) is 12.0 Å². The molecule has 1 atom stereocenters. The van der Waals surface area contributed by atoms with Crippen molar-refractivity contribution in [2.45, 2.75) is 19.4 Å². The Bertz CT molecular complexity index is 512. The van der Waals surface area contributed by atoms with Crippen LogP contribution < -0.4 is 4.90 Å². The molecule has 0 N–H and O–H groups in total. The summed E-state index contributed by atoms with van der Waals surface area (Å²) >= 11 is 0. The molecule has 1 unspecified atom stereocenters. The van der Waals surface area contributed by atoms with Crippen molar-refractivity contribution in [2.24, 2.45) is 0 Å². The van der Waals surface area contributed by atoms with Gasteiger partial charge in [-0.05, 0) is 19.1 Å². The second-order valence-corrected chi connectivity index (χ2v) is 4.97. The van der Waals surface area contributed by atoms with Crippen molar-refractivity contribution in [3.05, 3.63) is 29.8 Å². The predicted octanol–water partition coefficient (Wildman–Crippen LogP) is 1.55. The molecule has 2 fully saturated rings. The lowest BCUT2D eigenvalue weighted by atomic mass is 10.1. The molecule has 0 saturated carbocycles. The first-order valence-electron chi connectivity index (χ1n) is 6.45. The van der Waals surface area contributed by atoms with E-state index in [0.717, 1.165) is 5.56 Å². The summed E-state index contributed by atoms with van der Waals surface area (Å²) < 4.78 is 5.33. The normalized spacial score (nSPS) is 23.5. The van der Waals surface area contributed by atoms with E-state index in [1.807, 2.05) is 31.2 Å². The van der Waals surface area contributed by atoms with Gasteiger partial charge in [-0.3, -0.25) is 4.79 Å². The SMILES string of the molecule is Cc1ccc(N2C(=O)CC3COCCN3C2=O)cc1. The maximum Gasteiger partial charge on any atom is 0.331 e. The number of amides is 3. The highest BCUT2D eigenvalue weighted by Crippen LogP contribution is 2.26. The summed E-state index contributed by atoms with van der Waals surface area (Å²) in [4.78, 5) is 27.6. The molecule has 0 bridgehead atoms. The highest BCUT2D eigenvalue weighted by atomic mass is 16.5. The number of urea groups is 1. The number of aryl methyl sites for hydroxylation is 1. The zero-order valence-corrected chi connectivity index (χ0v) is 10.8. The number of imide groups is 1. The van der Waals surface area contributed by atoms with Gasteiger partial charge in [-0.1, -0.05) is 17.7 Å². The number of fused-ring (bicyclic) bond motifs is 1. The maximum atomic E-state index is 12.4. The third-order valence-corrected chi connectivity index (χ3v) is 3.62. The van der Waals surface area contributed by atoms with E-state index in [2.05, 4.69) is 0 Å². The number of carbonyl (C=O) groups is 2. The largest absolute Gasteiger partial charge is 0.377 e. The van der Waals surface area contributed by atoms with Gasteiger partial charge in [0, 0.05) is 6.54 Å². The van der Waals surface area contributed by atoms with Crippen molar-refractivity contribution in [3.63, 3.8) is 0 Å². The molecular formula is C14H16N2O3. The van der Waals surface area contributed by atoms with Crippen molar-refractivity contribution >= 4 is 17.6 Å². The van der Waals surface area contributed by atoms with E-state index in [1.54, 1.807) is 4.90 Å². The summed E-state index contributed by atoms with van der Waals surface area (Å²) in [7, 11) is 0. The average molecular weight is 260 g/mol. The summed E-state index contributed by atoms with van der Waals surface area (Å²) in [6.07, 6.45) is 0.333. The molecular weight excluding hydrogens is 244 g/mol. The minimum Gasteiger partial charge on any atom is -0.377 e. The third kappa shape index (κ3) is 2.10. The molecule has 2 aliphatic rings. The number of ether oxygens (including phenoxy) is 1. The average Bonchev–Trinajstić information content (AvgIpc) is 2.41. The van der Waals surface area contributed by atoms with Crippen molar-refractivity contribution < 1.29 is 14.3 Å². The molecule has 1 aromatic rings. The summed E-state index contributed by atoms with van der Waals surface area (Å²) in [5.41, 5.74) is 1.75. The highest BCUT2D eigenvalue weighted by Gasteiger charge is 2.40. The molecule has 2 heterocycles. The summed E-state index contributed by atoms with van der Waals surface area (Å²) in [5.74, 6) is -0.152. The van der Waals surface area contributed by atoms with Gasteiger partial charge in [0.1, 0.15) is 0 Å². The zero-order chi connectivity index (χ0) is 13.4. The van der Waals surface area contributed by atoms with Crippen LogP contribution in [0.15, 0.2) is 24.3 Å². The third-order valence-electron chi connectivity index (χ3n) is 3.62. The Kier molecular flexibility index (Phi) is 2.98.